The lowest BCUT2D eigenvalue weighted by molar-refractivity contribution is -0.143. The van der Waals surface area contributed by atoms with Crippen molar-refractivity contribution < 1.29 is 24.5 Å². The molecule has 6 nitrogen and oxygen atoms in total. The van der Waals surface area contributed by atoms with Crippen LogP contribution in [-0.2, 0) is 14.3 Å². The Labute approximate surface area is 436 Å². The maximum absolute atomic E-state index is 12.4. The fraction of sp³-hybridized carbons (Fsp3) is 0.875. The summed E-state index contributed by atoms with van der Waals surface area (Å²) in [6.45, 7) is 4.88. The van der Waals surface area contributed by atoms with Crippen molar-refractivity contribution in [2.24, 2.45) is 0 Å². The lowest BCUT2D eigenvalue weighted by atomic mass is 10.0. The van der Waals surface area contributed by atoms with Crippen molar-refractivity contribution in [3.05, 3.63) is 36.5 Å². The van der Waals surface area contributed by atoms with Crippen molar-refractivity contribution in [3.8, 4) is 0 Å². The molecule has 0 heterocycles. The summed E-state index contributed by atoms with van der Waals surface area (Å²) < 4.78 is 5.47. The zero-order valence-electron chi connectivity index (χ0n) is 47.0. The molecule has 0 saturated heterocycles. The molecule has 0 aliphatic carbocycles. The second-order valence-corrected chi connectivity index (χ2v) is 21.4. The average molecular weight is 985 g/mol. The number of ether oxygens (including phenoxy) is 1. The van der Waals surface area contributed by atoms with E-state index in [1.54, 1.807) is 6.08 Å². The van der Waals surface area contributed by atoms with Gasteiger partial charge in [0.25, 0.3) is 0 Å². The van der Waals surface area contributed by atoms with E-state index in [9.17, 15) is 19.8 Å². The lowest BCUT2D eigenvalue weighted by Crippen LogP contribution is -2.45. The lowest BCUT2D eigenvalue weighted by Gasteiger charge is -2.20. The van der Waals surface area contributed by atoms with Crippen LogP contribution >= 0.6 is 0 Å². The first-order valence-corrected chi connectivity index (χ1v) is 31.3. The van der Waals surface area contributed by atoms with Gasteiger partial charge >= 0.3 is 5.97 Å². The summed E-state index contributed by atoms with van der Waals surface area (Å²) in [5.74, 6) is -0.0607. The zero-order valence-corrected chi connectivity index (χ0v) is 47.0. The second kappa shape index (κ2) is 59.6. The molecule has 3 N–H and O–H groups in total. The van der Waals surface area contributed by atoms with Gasteiger partial charge in [0.2, 0.25) is 5.91 Å². The minimum absolute atomic E-state index is 0.00646. The van der Waals surface area contributed by atoms with Crippen LogP contribution in [0.3, 0.4) is 0 Å². The molecule has 1 amide bonds. The predicted molar refractivity (Wildman–Crippen MR) is 306 cm³/mol. The number of amides is 1. The van der Waals surface area contributed by atoms with Crippen LogP contribution in [0.15, 0.2) is 36.5 Å². The van der Waals surface area contributed by atoms with Crippen LogP contribution in [-0.4, -0.2) is 47.4 Å². The summed E-state index contributed by atoms with van der Waals surface area (Å²) in [4.78, 5) is 24.4. The summed E-state index contributed by atoms with van der Waals surface area (Å²) >= 11 is 0. The Hall–Kier alpha value is -1.92. The van der Waals surface area contributed by atoms with Crippen molar-refractivity contribution in [1.82, 2.24) is 5.32 Å². The van der Waals surface area contributed by atoms with Gasteiger partial charge < -0.3 is 20.3 Å². The smallest absolute Gasteiger partial charge is 0.305 e. The van der Waals surface area contributed by atoms with Crippen LogP contribution in [0.1, 0.15) is 335 Å². The monoisotopic (exact) mass is 984 g/mol. The number of aliphatic hydroxyl groups excluding tert-OH is 2. The van der Waals surface area contributed by atoms with Crippen LogP contribution in [0.25, 0.3) is 0 Å². The summed E-state index contributed by atoms with van der Waals surface area (Å²) in [6.07, 6.45) is 74.9. The van der Waals surface area contributed by atoms with E-state index in [1.807, 2.05) is 6.08 Å². The molecule has 0 aromatic heterocycles. The van der Waals surface area contributed by atoms with Crippen LogP contribution in [0.2, 0.25) is 0 Å². The van der Waals surface area contributed by atoms with E-state index >= 15 is 0 Å². The van der Waals surface area contributed by atoms with Crippen LogP contribution in [0.4, 0.5) is 0 Å². The number of esters is 1. The quantitative estimate of drug-likeness (QED) is 0.0321. The minimum atomic E-state index is -0.842. The van der Waals surface area contributed by atoms with Gasteiger partial charge in [-0.15, -0.1) is 0 Å². The average Bonchev–Trinajstić information content (AvgIpc) is 3.36. The largest absolute Gasteiger partial charge is 0.466 e. The molecule has 412 valence electrons. The Morgan fingerprint density at radius 3 is 1.04 bits per heavy atom. The van der Waals surface area contributed by atoms with Gasteiger partial charge in [-0.1, -0.05) is 275 Å². The Morgan fingerprint density at radius 1 is 0.386 bits per heavy atom. The first kappa shape index (κ1) is 68.1. The summed E-state index contributed by atoms with van der Waals surface area (Å²) in [5, 5.41) is 23.0. The fourth-order valence-electron chi connectivity index (χ4n) is 9.57. The van der Waals surface area contributed by atoms with E-state index in [4.69, 9.17) is 4.74 Å². The van der Waals surface area contributed by atoms with Gasteiger partial charge in [-0.25, -0.2) is 0 Å². The van der Waals surface area contributed by atoms with Gasteiger partial charge in [0.15, 0.2) is 0 Å². The third-order valence-electron chi connectivity index (χ3n) is 14.4. The maximum atomic E-state index is 12.4. The highest BCUT2D eigenvalue weighted by molar-refractivity contribution is 5.76. The first-order valence-electron chi connectivity index (χ1n) is 31.3. The van der Waals surface area contributed by atoms with Crippen LogP contribution in [0, 0.1) is 0 Å². The fourth-order valence-corrected chi connectivity index (χ4v) is 9.57. The topological polar surface area (TPSA) is 95.9 Å². The van der Waals surface area contributed by atoms with Gasteiger partial charge in [-0.2, -0.15) is 0 Å². The number of nitrogens with one attached hydrogen (secondary N) is 1. The molecule has 6 heteroatoms. The molecular formula is C64H121NO5. The Bertz CT molecular complexity index is 1130. The van der Waals surface area contributed by atoms with E-state index in [-0.39, 0.29) is 18.5 Å². The van der Waals surface area contributed by atoms with E-state index in [2.05, 4.69) is 43.5 Å². The SMILES string of the molecule is CCCCC/C=C\CCCCCCCC(=O)OCCCCCCCCCCCCCC/C=C\CCCCCCCCCCCCCCCCC(=O)NC(CO)C(O)/C=C/CCCCCCCCCCC. The van der Waals surface area contributed by atoms with E-state index < -0.39 is 12.1 Å². The van der Waals surface area contributed by atoms with Gasteiger partial charge in [-0.3, -0.25) is 9.59 Å². The molecule has 0 aromatic carbocycles. The number of carbonyl (C=O) groups is 2. The Morgan fingerprint density at radius 2 is 0.671 bits per heavy atom. The van der Waals surface area contributed by atoms with Crippen molar-refractivity contribution in [3.63, 3.8) is 0 Å². The van der Waals surface area contributed by atoms with Gasteiger partial charge in [0, 0.05) is 12.8 Å². The normalized spacial score (nSPS) is 12.8. The number of unbranched alkanes of at least 4 members (excludes halogenated alkanes) is 43. The molecule has 0 rings (SSSR count). The summed E-state index contributed by atoms with van der Waals surface area (Å²) in [7, 11) is 0. The molecule has 0 saturated carbocycles. The van der Waals surface area contributed by atoms with Crippen molar-refractivity contribution in [2.45, 2.75) is 347 Å². The van der Waals surface area contributed by atoms with Crippen LogP contribution in [0.5, 0.6) is 0 Å². The number of hydrogen-bond acceptors (Lipinski definition) is 5. The molecule has 0 fully saturated rings. The molecular weight excluding hydrogens is 863 g/mol. The summed E-state index contributed by atoms with van der Waals surface area (Å²) in [6, 6.07) is -0.625. The number of rotatable bonds is 58. The first-order chi connectivity index (χ1) is 34.5. The molecule has 0 spiro atoms. The molecule has 0 aliphatic heterocycles. The standard InChI is InChI=1S/C64H121NO5/c1-3-5-7-9-11-13-15-38-42-46-50-54-58-64(69)70-59-55-51-47-43-39-35-33-31-29-27-25-23-21-19-17-16-18-20-22-24-26-28-30-32-34-37-41-45-49-53-57-63(68)65-61(60-66)62(67)56-52-48-44-40-36-14-12-10-8-6-4-2/h11,13,17,19,52,56,61-62,66-67H,3-10,12,14-16,18,20-51,53-55,57-60H2,1-2H3,(H,65,68)/b13-11-,19-17-,56-52+. The Kier molecular flexibility index (Phi) is 58.0. The predicted octanol–water partition coefficient (Wildman–Crippen LogP) is 19.6. The molecule has 70 heavy (non-hydrogen) atoms. The molecule has 2 atom stereocenters. The van der Waals surface area contributed by atoms with Gasteiger partial charge in [-0.05, 0) is 83.5 Å². The third kappa shape index (κ3) is 55.4. The Balaban J connectivity index is 3.37. The molecule has 0 aliphatic rings. The number of carbonyl (C=O) groups excluding carboxylic acids is 2. The van der Waals surface area contributed by atoms with E-state index in [0.29, 0.717) is 19.4 Å². The zero-order chi connectivity index (χ0) is 50.7. The maximum Gasteiger partial charge on any atom is 0.305 e. The number of allylic oxidation sites excluding steroid dienone is 5. The minimum Gasteiger partial charge on any atom is -0.466 e. The summed E-state index contributed by atoms with van der Waals surface area (Å²) in [5.41, 5.74) is 0. The highest BCUT2D eigenvalue weighted by atomic mass is 16.5. The van der Waals surface area contributed by atoms with Gasteiger partial charge in [0.1, 0.15) is 0 Å². The van der Waals surface area contributed by atoms with E-state index in [1.165, 1.54) is 263 Å². The molecule has 0 aromatic rings. The molecule has 2 unspecified atom stereocenters. The molecule has 0 radical (unpaired) electrons. The van der Waals surface area contributed by atoms with Crippen molar-refractivity contribution in [1.29, 1.82) is 0 Å². The highest BCUT2D eigenvalue weighted by Crippen LogP contribution is 2.17. The number of aliphatic hydroxyl groups is 2. The van der Waals surface area contributed by atoms with Crippen molar-refractivity contribution >= 4 is 11.9 Å². The van der Waals surface area contributed by atoms with Crippen molar-refractivity contribution in [2.75, 3.05) is 13.2 Å². The van der Waals surface area contributed by atoms with Gasteiger partial charge in [0.05, 0.1) is 25.4 Å². The second-order valence-electron chi connectivity index (χ2n) is 21.4. The van der Waals surface area contributed by atoms with Crippen LogP contribution < -0.4 is 5.32 Å². The third-order valence-corrected chi connectivity index (χ3v) is 14.4. The highest BCUT2D eigenvalue weighted by Gasteiger charge is 2.18. The number of hydrogen-bond donors (Lipinski definition) is 3. The van der Waals surface area contributed by atoms with E-state index in [0.717, 1.165) is 44.9 Å². The molecule has 0 bridgehead atoms.